The Hall–Kier alpha value is -7.17. The number of carbonyl (C=O) groups is 13. The van der Waals surface area contributed by atoms with Gasteiger partial charge in [0.05, 0.1) is 32.7 Å². The van der Waals surface area contributed by atoms with Gasteiger partial charge in [-0.3, -0.25) is 52.7 Å². The van der Waals surface area contributed by atoms with Crippen LogP contribution in [0.25, 0.3) is 0 Å². The van der Waals surface area contributed by atoms with E-state index in [2.05, 4.69) is 53.2 Å². The molecule has 0 aromatic rings. The molecule has 1 aliphatic heterocycles. The summed E-state index contributed by atoms with van der Waals surface area (Å²) in [5, 5.41) is 43.0. The number of aliphatic hydroxyl groups excluding tert-OH is 2. The standard InChI is InChI=1S/C42H70N12O17/c1-21(48-35(64)24-12-14-30(59)49-24)33(62)51-22(10-8-9-15-45-40(69)71-42(5,6)7)36(65)54-27(20-56)38(67)52-23(11-13-28(43)57)34(63)47-17-31(60)46-18-32(61)50-26(19-55)37(66)53-25(16-29(44)58)39(68)70-41(2,3)4/h21-27,55-56H,8-20H2,1-7H3,(H2,43,57)(H2,44,58)(H,45,69)(H,46,60)(H,47,63)(H,48,64)(H,49,59)(H,50,61)(H,51,62)(H,52,67)(H,53,66)(H,54,65)/t21-,22+,23+,24+,25+,26+,27+/m1/s1. The highest BCUT2D eigenvalue weighted by Gasteiger charge is 2.34. The molecular weight excluding hydrogens is 945 g/mol. The van der Waals surface area contributed by atoms with Crippen molar-refractivity contribution in [3.05, 3.63) is 0 Å². The number of aliphatic hydroxyl groups is 2. The van der Waals surface area contributed by atoms with Gasteiger partial charge in [0, 0.05) is 19.4 Å². The number of primary amides is 2. The Morgan fingerprint density at radius 1 is 0.620 bits per heavy atom. The quantitative estimate of drug-likeness (QED) is 0.0245. The summed E-state index contributed by atoms with van der Waals surface area (Å²) in [5.74, 6) is -11.0. The highest BCUT2D eigenvalue weighted by Crippen LogP contribution is 2.11. The van der Waals surface area contributed by atoms with E-state index in [0.29, 0.717) is 0 Å². The van der Waals surface area contributed by atoms with E-state index in [-0.39, 0.29) is 44.6 Å². The number of nitrogens with one attached hydrogen (secondary N) is 10. The number of unbranched alkanes of at least 4 members (excludes halogenated alkanes) is 1. The maximum Gasteiger partial charge on any atom is 0.407 e. The van der Waals surface area contributed by atoms with Gasteiger partial charge in [0.25, 0.3) is 0 Å². The van der Waals surface area contributed by atoms with Gasteiger partial charge in [0.15, 0.2) is 0 Å². The molecule has 0 aromatic heterocycles. The summed E-state index contributed by atoms with van der Waals surface area (Å²) in [7, 11) is 0. The van der Waals surface area contributed by atoms with Gasteiger partial charge in [-0.1, -0.05) is 0 Å². The Kier molecular flexibility index (Phi) is 25.9. The molecule has 1 fully saturated rings. The first-order valence-corrected chi connectivity index (χ1v) is 22.6. The van der Waals surface area contributed by atoms with Gasteiger partial charge in [-0.05, 0) is 80.6 Å². The minimum atomic E-state index is -1.78. The van der Waals surface area contributed by atoms with Gasteiger partial charge < -0.3 is 84.3 Å². The van der Waals surface area contributed by atoms with Gasteiger partial charge >= 0.3 is 12.1 Å². The van der Waals surface area contributed by atoms with Crippen molar-refractivity contribution in [1.82, 2.24) is 53.2 Å². The number of hydrogen-bond acceptors (Lipinski definition) is 17. The fraction of sp³-hybridized carbons (Fsp3) is 0.690. The molecule has 29 heteroatoms. The second-order valence-corrected chi connectivity index (χ2v) is 18.2. The molecule has 0 aromatic carbocycles. The first-order chi connectivity index (χ1) is 32.9. The van der Waals surface area contributed by atoms with E-state index >= 15 is 0 Å². The minimum Gasteiger partial charge on any atom is -0.458 e. The second-order valence-electron chi connectivity index (χ2n) is 18.2. The van der Waals surface area contributed by atoms with Crippen LogP contribution in [0, 0.1) is 0 Å². The van der Waals surface area contributed by atoms with Crippen LogP contribution >= 0.6 is 0 Å². The largest absolute Gasteiger partial charge is 0.458 e. The molecule has 16 N–H and O–H groups in total. The molecule has 0 saturated carbocycles. The lowest BCUT2D eigenvalue weighted by molar-refractivity contribution is -0.159. The molecule has 71 heavy (non-hydrogen) atoms. The van der Waals surface area contributed by atoms with Crippen molar-refractivity contribution in [1.29, 1.82) is 0 Å². The number of nitrogens with two attached hydrogens (primary N) is 2. The number of esters is 1. The van der Waals surface area contributed by atoms with E-state index in [9.17, 15) is 72.5 Å². The lowest BCUT2D eigenvalue weighted by Gasteiger charge is -2.25. The molecule has 7 atom stereocenters. The van der Waals surface area contributed by atoms with Crippen LogP contribution in [0.5, 0.6) is 0 Å². The van der Waals surface area contributed by atoms with Crippen LogP contribution in [0.15, 0.2) is 0 Å². The molecule has 12 amide bonds. The van der Waals surface area contributed by atoms with Crippen molar-refractivity contribution >= 4 is 77.0 Å². The zero-order chi connectivity index (χ0) is 54.2. The molecule has 1 aliphatic rings. The van der Waals surface area contributed by atoms with Crippen molar-refractivity contribution in [3.63, 3.8) is 0 Å². The number of hydrogen-bond donors (Lipinski definition) is 14. The maximum absolute atomic E-state index is 13.6. The van der Waals surface area contributed by atoms with Crippen molar-refractivity contribution in [2.24, 2.45) is 11.5 Å². The Labute approximate surface area is 409 Å². The van der Waals surface area contributed by atoms with E-state index in [1.807, 2.05) is 0 Å². The average Bonchev–Trinajstić information content (AvgIpc) is 3.70. The first-order valence-electron chi connectivity index (χ1n) is 22.6. The zero-order valence-electron chi connectivity index (χ0n) is 40.9. The fourth-order valence-electron chi connectivity index (χ4n) is 6.04. The molecule has 29 nitrogen and oxygen atoms in total. The summed E-state index contributed by atoms with van der Waals surface area (Å²) < 4.78 is 10.4. The predicted molar refractivity (Wildman–Crippen MR) is 245 cm³/mol. The smallest absolute Gasteiger partial charge is 0.407 e. The lowest BCUT2D eigenvalue weighted by atomic mass is 10.1. The number of ether oxygens (including phenoxy) is 2. The molecule has 0 bridgehead atoms. The summed E-state index contributed by atoms with van der Waals surface area (Å²) >= 11 is 0. The van der Waals surface area contributed by atoms with Gasteiger partial charge in [-0.2, -0.15) is 0 Å². The summed E-state index contributed by atoms with van der Waals surface area (Å²) in [6, 6.07) is -10.1. The number of amides is 12. The normalized spacial score (nSPS) is 15.8. The number of alkyl carbamates (subject to hydrolysis) is 1. The molecule has 400 valence electrons. The Bertz CT molecular complexity index is 1950. The van der Waals surface area contributed by atoms with Gasteiger partial charge in [-0.25, -0.2) is 9.59 Å². The molecule has 1 heterocycles. The molecule has 0 radical (unpaired) electrons. The third kappa shape index (κ3) is 25.9. The summed E-state index contributed by atoms with van der Waals surface area (Å²) in [6.45, 7) is 7.37. The topological polar surface area (TPSA) is 453 Å². The van der Waals surface area contributed by atoms with E-state index < -0.39 is 170 Å². The molecule has 1 rings (SSSR count). The maximum atomic E-state index is 13.6. The Morgan fingerprint density at radius 2 is 1.14 bits per heavy atom. The van der Waals surface area contributed by atoms with E-state index in [4.69, 9.17) is 20.9 Å². The van der Waals surface area contributed by atoms with Gasteiger partial charge in [-0.15, -0.1) is 0 Å². The molecule has 0 aliphatic carbocycles. The summed E-state index contributed by atoms with van der Waals surface area (Å²) in [4.78, 5) is 163. The highest BCUT2D eigenvalue weighted by molar-refractivity contribution is 5.98. The average molecular weight is 1020 g/mol. The Balaban J connectivity index is 2.99. The number of carbonyl (C=O) groups excluding carboxylic acids is 13. The highest BCUT2D eigenvalue weighted by atomic mass is 16.6. The Morgan fingerprint density at radius 3 is 1.68 bits per heavy atom. The van der Waals surface area contributed by atoms with E-state index in [0.717, 1.165) is 0 Å². The van der Waals surface area contributed by atoms with Crippen molar-refractivity contribution in [2.45, 2.75) is 153 Å². The van der Waals surface area contributed by atoms with Crippen LogP contribution in [0.4, 0.5) is 4.79 Å². The minimum absolute atomic E-state index is 0.0912. The van der Waals surface area contributed by atoms with Crippen LogP contribution in [0.3, 0.4) is 0 Å². The third-order valence-corrected chi connectivity index (χ3v) is 9.53. The second kappa shape index (κ2) is 29.8. The summed E-state index contributed by atoms with van der Waals surface area (Å²) in [6.07, 6.45) is -1.57. The molecule has 0 unspecified atom stereocenters. The van der Waals surface area contributed by atoms with Crippen LogP contribution in [-0.4, -0.2) is 174 Å². The molecule has 0 spiro atoms. The van der Waals surface area contributed by atoms with Crippen LogP contribution in [0.2, 0.25) is 0 Å². The van der Waals surface area contributed by atoms with E-state index in [1.165, 1.54) is 27.7 Å². The lowest BCUT2D eigenvalue weighted by Crippen LogP contribution is -2.59. The first kappa shape index (κ1) is 61.8. The zero-order valence-corrected chi connectivity index (χ0v) is 40.9. The monoisotopic (exact) mass is 1010 g/mol. The van der Waals surface area contributed by atoms with Crippen LogP contribution in [0.1, 0.15) is 99.8 Å². The molecule has 1 saturated heterocycles. The molecular formula is C42H70N12O17. The van der Waals surface area contributed by atoms with Crippen molar-refractivity contribution in [3.8, 4) is 0 Å². The van der Waals surface area contributed by atoms with Gasteiger partial charge in [0.1, 0.15) is 53.5 Å². The predicted octanol–water partition coefficient (Wildman–Crippen LogP) is -6.41. The van der Waals surface area contributed by atoms with Crippen LogP contribution < -0.4 is 64.6 Å². The number of rotatable bonds is 29. The fourth-order valence-corrected chi connectivity index (χ4v) is 6.04. The van der Waals surface area contributed by atoms with Crippen LogP contribution in [-0.2, 0) is 67.0 Å². The van der Waals surface area contributed by atoms with Crippen molar-refractivity contribution in [2.75, 3.05) is 32.8 Å². The third-order valence-electron chi connectivity index (χ3n) is 9.53. The SMILES string of the molecule is C[C@@H](NC(=O)[C@@H]1CCC(=O)N1)C(=O)N[C@@H](CCCCNC(=O)OC(C)(C)C)C(=O)N[C@@H](CO)C(=O)N[C@@H](CCC(N)=O)C(=O)NCC(=O)NCC(=O)N[C@@H](CO)C(=O)N[C@@H](CC(N)=O)C(=O)OC(C)(C)C. The van der Waals surface area contributed by atoms with Crippen molar-refractivity contribution < 1.29 is 82.0 Å². The van der Waals surface area contributed by atoms with Gasteiger partial charge in [0.2, 0.25) is 65.0 Å². The summed E-state index contributed by atoms with van der Waals surface area (Å²) in [5.41, 5.74) is 8.65. The van der Waals surface area contributed by atoms with E-state index in [1.54, 1.807) is 20.8 Å².